The van der Waals surface area contributed by atoms with Gasteiger partial charge in [-0.05, 0) is 61.4 Å². The van der Waals surface area contributed by atoms with Crippen molar-refractivity contribution < 1.29 is 18.8 Å². The second-order valence-corrected chi connectivity index (χ2v) is 9.33. The molecular formula is C25H24N4O4S. The summed E-state index contributed by atoms with van der Waals surface area (Å²) in [7, 11) is 0. The van der Waals surface area contributed by atoms with Gasteiger partial charge < -0.3 is 14.6 Å². The molecule has 3 heterocycles. The first-order valence-electron chi connectivity index (χ1n) is 11.0. The molecule has 9 heteroatoms. The van der Waals surface area contributed by atoms with Crippen LogP contribution >= 0.6 is 11.3 Å². The van der Waals surface area contributed by atoms with Gasteiger partial charge in [0.1, 0.15) is 11.8 Å². The number of alkyl carbamates (subject to hydrolysis) is 1. The molecule has 1 aliphatic rings. The molecule has 1 aliphatic carbocycles. The number of amides is 1. The van der Waals surface area contributed by atoms with E-state index in [4.69, 9.17) is 9.26 Å². The van der Waals surface area contributed by atoms with Gasteiger partial charge in [0.15, 0.2) is 5.78 Å². The summed E-state index contributed by atoms with van der Waals surface area (Å²) in [6, 6.07) is 5.99. The van der Waals surface area contributed by atoms with Crippen LogP contribution in [0.4, 0.5) is 4.79 Å². The molecule has 1 atom stereocenters. The Morgan fingerprint density at radius 2 is 2.29 bits per heavy atom. The van der Waals surface area contributed by atoms with Crippen LogP contribution in [0.5, 0.6) is 0 Å². The van der Waals surface area contributed by atoms with E-state index in [0.29, 0.717) is 24.5 Å². The van der Waals surface area contributed by atoms with Crippen molar-refractivity contribution in [2.45, 2.75) is 39.2 Å². The fraction of sp³-hybridized carbons (Fsp3) is 0.320. The third-order valence-electron chi connectivity index (χ3n) is 5.76. The van der Waals surface area contributed by atoms with Crippen molar-refractivity contribution in [2.24, 2.45) is 5.92 Å². The molecule has 0 spiro atoms. The van der Waals surface area contributed by atoms with E-state index in [1.165, 1.54) is 17.4 Å². The first kappa shape index (κ1) is 23.4. The van der Waals surface area contributed by atoms with Crippen LogP contribution in [0.3, 0.4) is 0 Å². The molecule has 3 aromatic rings. The number of hydrogen-bond acceptors (Lipinski definition) is 8. The van der Waals surface area contributed by atoms with E-state index >= 15 is 0 Å². The van der Waals surface area contributed by atoms with E-state index in [1.807, 2.05) is 12.1 Å². The number of ketones is 1. The summed E-state index contributed by atoms with van der Waals surface area (Å²) < 4.78 is 10.4. The molecule has 3 aromatic heterocycles. The number of aryl methyl sites for hydroxylation is 1. The summed E-state index contributed by atoms with van der Waals surface area (Å²) >= 11 is 1.52. The highest BCUT2D eigenvalue weighted by Crippen LogP contribution is 2.36. The Balaban J connectivity index is 1.31. The number of carbonyl (C=O) groups is 2. The number of aromatic nitrogens is 2. The molecule has 0 saturated heterocycles. The standard InChI is InChI=1S/C25H24N4O4S/c1-16-19(14-29-33-16)13-28-25(31)32-15-18-5-7-21-22(11-26)24(34-23(21)9-18)10-20(30)6-4-17-3-2-8-27-12-17/h2-4,6,8,12,14,18H,5,7,9-10,13,15H2,1H3,(H,28,31)/b6-4+. The van der Waals surface area contributed by atoms with Gasteiger partial charge in [0.25, 0.3) is 0 Å². The number of nitrogens with one attached hydrogen (secondary N) is 1. The number of fused-ring (bicyclic) bond motifs is 1. The zero-order valence-corrected chi connectivity index (χ0v) is 19.6. The number of rotatable bonds is 8. The van der Waals surface area contributed by atoms with Crippen LogP contribution in [0.2, 0.25) is 0 Å². The third kappa shape index (κ3) is 5.77. The van der Waals surface area contributed by atoms with Crippen LogP contribution in [0.15, 0.2) is 41.3 Å². The molecule has 0 saturated carbocycles. The molecule has 1 N–H and O–H groups in total. The smallest absolute Gasteiger partial charge is 0.407 e. The van der Waals surface area contributed by atoms with E-state index in [2.05, 4.69) is 21.5 Å². The lowest BCUT2D eigenvalue weighted by molar-refractivity contribution is -0.113. The number of ether oxygens (including phenoxy) is 1. The average Bonchev–Trinajstić information content (AvgIpc) is 3.42. The first-order chi connectivity index (χ1) is 16.5. The fourth-order valence-electron chi connectivity index (χ4n) is 3.89. The normalized spacial score (nSPS) is 15.0. The highest BCUT2D eigenvalue weighted by molar-refractivity contribution is 7.12. The molecule has 0 radical (unpaired) electrons. The molecule has 34 heavy (non-hydrogen) atoms. The molecule has 0 aliphatic heterocycles. The Bertz CT molecular complexity index is 1240. The number of nitrogens with zero attached hydrogens (tertiary/aromatic N) is 3. The first-order valence-corrected chi connectivity index (χ1v) is 11.8. The van der Waals surface area contributed by atoms with Crippen LogP contribution < -0.4 is 5.32 Å². The largest absolute Gasteiger partial charge is 0.449 e. The minimum Gasteiger partial charge on any atom is -0.449 e. The zero-order valence-electron chi connectivity index (χ0n) is 18.7. The highest BCUT2D eigenvalue weighted by atomic mass is 32.1. The maximum atomic E-state index is 12.5. The van der Waals surface area contributed by atoms with Gasteiger partial charge in [0, 0.05) is 34.1 Å². The number of thiophene rings is 1. The second kappa shape index (κ2) is 10.9. The van der Waals surface area contributed by atoms with Crippen LogP contribution in [0, 0.1) is 24.2 Å². The van der Waals surface area contributed by atoms with Gasteiger partial charge in [0.05, 0.1) is 24.9 Å². The van der Waals surface area contributed by atoms with Gasteiger partial charge in [-0.15, -0.1) is 11.3 Å². The lowest BCUT2D eigenvalue weighted by Gasteiger charge is -2.22. The second-order valence-electron chi connectivity index (χ2n) is 8.14. The van der Waals surface area contributed by atoms with Gasteiger partial charge in [-0.3, -0.25) is 9.78 Å². The van der Waals surface area contributed by atoms with Crippen LogP contribution in [-0.2, 0) is 35.3 Å². The minimum absolute atomic E-state index is 0.0569. The van der Waals surface area contributed by atoms with Crippen LogP contribution in [-0.4, -0.2) is 28.6 Å². The van der Waals surface area contributed by atoms with Crippen molar-refractivity contribution in [3.05, 3.63) is 74.6 Å². The fourth-order valence-corrected chi connectivity index (χ4v) is 5.32. The molecule has 0 fully saturated rings. The Kier molecular flexibility index (Phi) is 7.50. The maximum absolute atomic E-state index is 12.5. The van der Waals surface area contributed by atoms with Gasteiger partial charge in [-0.25, -0.2) is 4.79 Å². The lowest BCUT2D eigenvalue weighted by Crippen LogP contribution is -2.27. The van der Waals surface area contributed by atoms with Crippen LogP contribution in [0.1, 0.15) is 44.2 Å². The van der Waals surface area contributed by atoms with Crippen molar-refractivity contribution in [2.75, 3.05) is 6.61 Å². The van der Waals surface area contributed by atoms with Crippen molar-refractivity contribution in [3.8, 4) is 6.07 Å². The van der Waals surface area contributed by atoms with Crippen LogP contribution in [0.25, 0.3) is 6.08 Å². The Morgan fingerprint density at radius 3 is 3.03 bits per heavy atom. The van der Waals surface area contributed by atoms with Gasteiger partial charge >= 0.3 is 6.09 Å². The summed E-state index contributed by atoms with van der Waals surface area (Å²) in [5.41, 5.74) is 3.32. The van der Waals surface area contributed by atoms with Crippen molar-refractivity contribution in [1.29, 1.82) is 5.26 Å². The molecule has 4 rings (SSSR count). The zero-order chi connectivity index (χ0) is 23.9. The molecule has 0 bridgehead atoms. The van der Waals surface area contributed by atoms with Crippen molar-refractivity contribution in [3.63, 3.8) is 0 Å². The number of nitriles is 1. The number of carbonyl (C=O) groups excluding carboxylic acids is 2. The van der Waals surface area contributed by atoms with E-state index < -0.39 is 6.09 Å². The highest BCUT2D eigenvalue weighted by Gasteiger charge is 2.27. The van der Waals surface area contributed by atoms with E-state index in [9.17, 15) is 14.9 Å². The number of hydrogen-bond donors (Lipinski definition) is 1. The Hall–Kier alpha value is -3.77. The SMILES string of the molecule is Cc1oncc1CNC(=O)OCC1CCc2c(sc(CC(=O)/C=C/c3cccnc3)c2C#N)C1. The number of allylic oxidation sites excluding steroid dienone is 1. The van der Waals surface area contributed by atoms with E-state index in [-0.39, 0.29) is 18.1 Å². The summed E-state index contributed by atoms with van der Waals surface area (Å²) in [4.78, 5) is 30.5. The molecule has 1 amide bonds. The third-order valence-corrected chi connectivity index (χ3v) is 7.01. The molecule has 174 valence electrons. The van der Waals surface area contributed by atoms with Gasteiger partial charge in [-0.2, -0.15) is 5.26 Å². The molecular weight excluding hydrogens is 452 g/mol. The number of pyridine rings is 1. The summed E-state index contributed by atoms with van der Waals surface area (Å²) in [6.07, 6.45) is 10.2. The molecule has 1 unspecified atom stereocenters. The van der Waals surface area contributed by atoms with E-state index in [0.717, 1.165) is 45.7 Å². The predicted molar refractivity (Wildman–Crippen MR) is 126 cm³/mol. The van der Waals surface area contributed by atoms with Crippen molar-refractivity contribution >= 4 is 29.3 Å². The molecule has 8 nitrogen and oxygen atoms in total. The summed E-state index contributed by atoms with van der Waals surface area (Å²) in [6.45, 7) is 2.38. The summed E-state index contributed by atoms with van der Waals surface area (Å²) in [5.74, 6) is 0.779. The van der Waals surface area contributed by atoms with E-state index in [1.54, 1.807) is 31.6 Å². The average molecular weight is 477 g/mol. The van der Waals surface area contributed by atoms with Crippen molar-refractivity contribution in [1.82, 2.24) is 15.5 Å². The molecule has 0 aromatic carbocycles. The van der Waals surface area contributed by atoms with Gasteiger partial charge in [-0.1, -0.05) is 11.2 Å². The lowest BCUT2D eigenvalue weighted by atomic mass is 9.87. The Labute approximate surface area is 201 Å². The minimum atomic E-state index is -0.484. The quantitative estimate of drug-likeness (QED) is 0.485. The monoisotopic (exact) mass is 476 g/mol. The Morgan fingerprint density at radius 1 is 1.41 bits per heavy atom. The summed E-state index contributed by atoms with van der Waals surface area (Å²) in [5, 5.41) is 16.1. The maximum Gasteiger partial charge on any atom is 0.407 e. The topological polar surface area (TPSA) is 118 Å². The van der Waals surface area contributed by atoms with Gasteiger partial charge in [0.2, 0.25) is 0 Å². The predicted octanol–water partition coefficient (Wildman–Crippen LogP) is 4.17.